The number of anilines is 2. The van der Waals surface area contributed by atoms with E-state index >= 15 is 0 Å². The van der Waals surface area contributed by atoms with Gasteiger partial charge < -0.3 is 15.5 Å². The molecule has 0 saturated carbocycles. The molecule has 1 aromatic carbocycles. The number of hydrogen-bond donors (Lipinski definition) is 1. The van der Waals surface area contributed by atoms with E-state index in [2.05, 4.69) is 48.8 Å². The Labute approximate surface area is 149 Å². The van der Waals surface area contributed by atoms with Crippen molar-refractivity contribution in [3.05, 3.63) is 23.8 Å². The lowest BCUT2D eigenvalue weighted by Gasteiger charge is -2.33. The predicted molar refractivity (Wildman–Crippen MR) is 107 cm³/mol. The Bertz CT molecular complexity index is 472. The monoisotopic (exact) mass is 331 g/mol. The normalized spacial score (nSPS) is 16.1. The summed E-state index contributed by atoms with van der Waals surface area (Å²) < 4.78 is 0. The highest BCUT2D eigenvalue weighted by Crippen LogP contribution is 2.29. The lowest BCUT2D eigenvalue weighted by molar-refractivity contribution is 0.271. The summed E-state index contributed by atoms with van der Waals surface area (Å²) in [5, 5.41) is 0. The third-order valence-corrected chi connectivity index (χ3v) is 5.24. The summed E-state index contributed by atoms with van der Waals surface area (Å²) in [6.07, 6.45) is 7.41. The van der Waals surface area contributed by atoms with Gasteiger partial charge in [-0.15, -0.1) is 0 Å². The zero-order valence-corrected chi connectivity index (χ0v) is 16.1. The van der Waals surface area contributed by atoms with Crippen LogP contribution in [0, 0.1) is 5.92 Å². The first-order valence-electron chi connectivity index (χ1n) is 9.99. The van der Waals surface area contributed by atoms with Crippen LogP contribution in [0.1, 0.15) is 58.4 Å². The summed E-state index contributed by atoms with van der Waals surface area (Å²) in [5.74, 6) is 0.857. The first-order valence-corrected chi connectivity index (χ1v) is 9.99. The highest BCUT2D eigenvalue weighted by Gasteiger charge is 2.17. The van der Waals surface area contributed by atoms with Crippen molar-refractivity contribution in [1.29, 1.82) is 0 Å². The molecule has 1 heterocycles. The number of nitrogen functional groups attached to an aromatic ring is 1. The highest BCUT2D eigenvalue weighted by molar-refractivity contribution is 5.68. The molecule has 0 spiro atoms. The van der Waals surface area contributed by atoms with Gasteiger partial charge in [-0.25, -0.2) is 0 Å². The zero-order chi connectivity index (χ0) is 17.4. The molecule has 2 rings (SSSR count). The van der Waals surface area contributed by atoms with E-state index in [1.165, 1.54) is 63.0 Å². The maximum Gasteiger partial charge on any atom is 0.0600 e. The van der Waals surface area contributed by atoms with Crippen LogP contribution in [0.4, 0.5) is 11.4 Å². The molecule has 0 aromatic heterocycles. The van der Waals surface area contributed by atoms with Crippen LogP contribution in [0.3, 0.4) is 0 Å². The van der Waals surface area contributed by atoms with Crippen LogP contribution in [-0.2, 0) is 6.42 Å². The van der Waals surface area contributed by atoms with E-state index in [-0.39, 0.29) is 0 Å². The highest BCUT2D eigenvalue weighted by atomic mass is 15.1. The summed E-state index contributed by atoms with van der Waals surface area (Å²) >= 11 is 0. The van der Waals surface area contributed by atoms with E-state index in [1.54, 1.807) is 0 Å². The van der Waals surface area contributed by atoms with E-state index in [0.717, 1.165) is 31.1 Å². The van der Waals surface area contributed by atoms with Crippen molar-refractivity contribution in [3.63, 3.8) is 0 Å². The number of nitrogens with two attached hydrogens (primary N) is 1. The van der Waals surface area contributed by atoms with Gasteiger partial charge in [0, 0.05) is 13.1 Å². The lowest BCUT2D eigenvalue weighted by Crippen LogP contribution is -2.33. The Morgan fingerprint density at radius 3 is 2.33 bits per heavy atom. The molecule has 1 aliphatic rings. The van der Waals surface area contributed by atoms with Gasteiger partial charge in [-0.3, -0.25) is 0 Å². The fourth-order valence-corrected chi connectivity index (χ4v) is 3.77. The average Bonchev–Trinajstić information content (AvgIpc) is 2.56. The van der Waals surface area contributed by atoms with Crippen LogP contribution in [0.15, 0.2) is 18.2 Å². The lowest BCUT2D eigenvalue weighted by atomic mass is 9.98. The molecule has 2 N–H and O–H groups in total. The Morgan fingerprint density at radius 2 is 1.75 bits per heavy atom. The average molecular weight is 332 g/mol. The third kappa shape index (κ3) is 5.70. The van der Waals surface area contributed by atoms with Gasteiger partial charge in [0.15, 0.2) is 0 Å². The third-order valence-electron chi connectivity index (χ3n) is 5.24. The van der Waals surface area contributed by atoms with Crippen molar-refractivity contribution in [2.45, 2.75) is 59.3 Å². The molecule has 1 aromatic rings. The van der Waals surface area contributed by atoms with Gasteiger partial charge in [0.1, 0.15) is 0 Å². The quantitative estimate of drug-likeness (QED) is 0.673. The number of rotatable bonds is 9. The second-order valence-corrected chi connectivity index (χ2v) is 7.51. The van der Waals surface area contributed by atoms with Gasteiger partial charge >= 0.3 is 0 Å². The standard InChI is InChI=1S/C21H37N3/c1-4-12-23(13-5-2)14-6-7-19-8-9-21(20(22)17-19)24-15-10-18(3)11-16-24/h8-9,17-18H,4-7,10-16,22H2,1-3H3. The summed E-state index contributed by atoms with van der Waals surface area (Å²) in [5.41, 5.74) is 9.94. The van der Waals surface area contributed by atoms with Gasteiger partial charge in [0.05, 0.1) is 11.4 Å². The van der Waals surface area contributed by atoms with Gasteiger partial charge in [-0.2, -0.15) is 0 Å². The van der Waals surface area contributed by atoms with Crippen molar-refractivity contribution in [1.82, 2.24) is 4.90 Å². The molecule has 0 bridgehead atoms. The van der Waals surface area contributed by atoms with Crippen LogP contribution in [0.2, 0.25) is 0 Å². The van der Waals surface area contributed by atoms with Gasteiger partial charge in [-0.1, -0.05) is 26.8 Å². The molecule has 24 heavy (non-hydrogen) atoms. The molecule has 136 valence electrons. The molecule has 1 saturated heterocycles. The molecular formula is C21H37N3. The zero-order valence-electron chi connectivity index (χ0n) is 16.1. The molecule has 0 radical (unpaired) electrons. The predicted octanol–water partition coefficient (Wildman–Crippen LogP) is 4.56. The minimum atomic E-state index is 0.857. The van der Waals surface area contributed by atoms with Crippen LogP contribution in [0.25, 0.3) is 0 Å². The maximum atomic E-state index is 6.36. The second-order valence-electron chi connectivity index (χ2n) is 7.51. The number of aryl methyl sites for hydroxylation is 1. The van der Waals surface area contributed by atoms with E-state index in [9.17, 15) is 0 Å². The molecule has 0 unspecified atom stereocenters. The molecule has 1 fully saturated rings. The first kappa shape index (κ1) is 19.1. The van der Waals surface area contributed by atoms with Crippen LogP contribution < -0.4 is 10.6 Å². The Morgan fingerprint density at radius 1 is 1.08 bits per heavy atom. The molecule has 0 aliphatic carbocycles. The Kier molecular flexibility index (Phi) is 7.90. The van der Waals surface area contributed by atoms with Crippen molar-refractivity contribution < 1.29 is 0 Å². The summed E-state index contributed by atoms with van der Waals surface area (Å²) in [4.78, 5) is 5.05. The topological polar surface area (TPSA) is 32.5 Å². The smallest absolute Gasteiger partial charge is 0.0600 e. The van der Waals surface area contributed by atoms with E-state index in [4.69, 9.17) is 5.73 Å². The second kappa shape index (κ2) is 9.93. The Balaban J connectivity index is 1.85. The minimum Gasteiger partial charge on any atom is -0.397 e. The van der Waals surface area contributed by atoms with Gasteiger partial charge in [-0.05, 0) is 81.8 Å². The largest absolute Gasteiger partial charge is 0.397 e. The molecule has 0 amide bonds. The SMILES string of the molecule is CCCN(CCC)CCCc1ccc(N2CCC(C)CC2)c(N)c1. The summed E-state index contributed by atoms with van der Waals surface area (Å²) in [6, 6.07) is 6.74. The number of nitrogens with zero attached hydrogens (tertiary/aromatic N) is 2. The van der Waals surface area contributed by atoms with Crippen LogP contribution in [-0.4, -0.2) is 37.6 Å². The van der Waals surface area contributed by atoms with Crippen molar-refractivity contribution in [2.75, 3.05) is 43.4 Å². The van der Waals surface area contributed by atoms with Crippen LogP contribution in [0.5, 0.6) is 0 Å². The number of benzene rings is 1. The fraction of sp³-hybridized carbons (Fsp3) is 0.714. The van der Waals surface area contributed by atoms with Crippen molar-refractivity contribution >= 4 is 11.4 Å². The van der Waals surface area contributed by atoms with Crippen molar-refractivity contribution in [2.24, 2.45) is 5.92 Å². The maximum absolute atomic E-state index is 6.36. The molecular weight excluding hydrogens is 294 g/mol. The molecule has 0 atom stereocenters. The summed E-state index contributed by atoms with van der Waals surface area (Å²) in [6.45, 7) is 12.8. The van der Waals surface area contributed by atoms with Crippen molar-refractivity contribution in [3.8, 4) is 0 Å². The minimum absolute atomic E-state index is 0.857. The van der Waals surface area contributed by atoms with E-state index in [1.807, 2.05) is 0 Å². The van der Waals surface area contributed by atoms with Crippen LogP contribution >= 0.6 is 0 Å². The molecule has 3 nitrogen and oxygen atoms in total. The number of hydrogen-bond acceptors (Lipinski definition) is 3. The first-order chi connectivity index (χ1) is 11.6. The van der Waals surface area contributed by atoms with E-state index in [0.29, 0.717) is 0 Å². The van der Waals surface area contributed by atoms with Gasteiger partial charge in [0.25, 0.3) is 0 Å². The molecule has 3 heteroatoms. The van der Waals surface area contributed by atoms with E-state index < -0.39 is 0 Å². The number of piperidine rings is 1. The summed E-state index contributed by atoms with van der Waals surface area (Å²) in [7, 11) is 0. The van der Waals surface area contributed by atoms with Gasteiger partial charge in [0.2, 0.25) is 0 Å². The Hall–Kier alpha value is -1.22. The molecule has 1 aliphatic heterocycles. The fourth-order valence-electron chi connectivity index (χ4n) is 3.77.